The third-order valence-electron chi connectivity index (χ3n) is 8.98. The zero-order valence-corrected chi connectivity index (χ0v) is 33.5. The summed E-state index contributed by atoms with van der Waals surface area (Å²) in [6.07, 6.45) is -0.790. The number of sulfonamides is 1. The Morgan fingerprint density at radius 3 is 2.46 bits per heavy atom. The van der Waals surface area contributed by atoms with Gasteiger partial charge in [-0.05, 0) is 118 Å². The van der Waals surface area contributed by atoms with E-state index in [0.717, 1.165) is 68.0 Å². The molecule has 1 saturated heterocycles. The van der Waals surface area contributed by atoms with Gasteiger partial charge in [0, 0.05) is 24.4 Å². The molecule has 1 aliphatic rings. The molecule has 18 heteroatoms. The lowest BCUT2D eigenvalue weighted by Gasteiger charge is -2.29. The SMILES string of the molecule is CC(C)(C)OC(=O)N(CCC1CCNCC1)Cc1cc(-c2cc(-c3cccc(C(F)(F)F)c3)ccc2Oc2cc(F)c(S(=O)(=O)Nc3nncs3)cc2Cl)ccn1. The first-order chi connectivity index (χ1) is 26.9. The van der Waals surface area contributed by atoms with Gasteiger partial charge < -0.3 is 19.7 Å². The number of carbonyl (C=O) groups is 1. The molecule has 5 aromatic rings. The molecular formula is C39H39ClF4N6O5S2. The van der Waals surface area contributed by atoms with Crippen molar-refractivity contribution < 1.29 is 40.2 Å². The van der Waals surface area contributed by atoms with Crippen LogP contribution >= 0.6 is 22.9 Å². The predicted molar refractivity (Wildman–Crippen MR) is 209 cm³/mol. The minimum Gasteiger partial charge on any atom is -0.455 e. The molecule has 2 N–H and O–H groups in total. The van der Waals surface area contributed by atoms with Crippen molar-refractivity contribution in [1.82, 2.24) is 25.4 Å². The molecule has 3 aromatic carbocycles. The molecular weight excluding hydrogens is 808 g/mol. The first kappa shape index (κ1) is 41.8. The lowest BCUT2D eigenvalue weighted by Crippen LogP contribution is -2.38. The topological polar surface area (TPSA) is 136 Å². The maximum Gasteiger partial charge on any atom is 0.416 e. The van der Waals surface area contributed by atoms with E-state index in [1.165, 1.54) is 36.0 Å². The number of ether oxygens (including phenoxy) is 2. The number of carbonyl (C=O) groups excluding carboxylic acids is 1. The fourth-order valence-electron chi connectivity index (χ4n) is 6.20. The Balaban J connectivity index is 1.37. The van der Waals surface area contributed by atoms with Crippen LogP contribution in [0.25, 0.3) is 22.3 Å². The highest BCUT2D eigenvalue weighted by atomic mass is 35.5. The standard InChI is InChI=1S/C39H39ClF4N6O5S2/c1-38(2,3)55-37(51)50(16-12-24-9-13-45-14-10-24)22-29-18-27(11-15-46-29)30-19-26(25-5-4-6-28(17-25)39(42,43)44)7-8-33(30)54-34-21-32(41)35(20-31(34)40)57(52,53)49-36-48-47-23-56-36/h4-8,11,15,17-21,23-24,45H,9-10,12-14,16,22H2,1-3H3,(H,48,49). The van der Waals surface area contributed by atoms with E-state index in [2.05, 4.69) is 25.2 Å². The summed E-state index contributed by atoms with van der Waals surface area (Å²) in [5.74, 6) is -0.861. The Kier molecular flexibility index (Phi) is 12.7. The molecule has 302 valence electrons. The number of benzene rings is 3. The Labute approximate surface area is 336 Å². The lowest BCUT2D eigenvalue weighted by atomic mass is 9.94. The minimum absolute atomic E-state index is 0.0796. The molecule has 0 spiro atoms. The summed E-state index contributed by atoms with van der Waals surface area (Å²) in [6.45, 7) is 7.70. The number of piperidine rings is 1. The van der Waals surface area contributed by atoms with Gasteiger partial charge >= 0.3 is 12.3 Å². The van der Waals surface area contributed by atoms with Gasteiger partial charge in [-0.2, -0.15) is 13.2 Å². The van der Waals surface area contributed by atoms with E-state index in [4.69, 9.17) is 21.1 Å². The molecule has 1 amide bonds. The second-order valence-electron chi connectivity index (χ2n) is 14.4. The Morgan fingerprint density at radius 2 is 1.75 bits per heavy atom. The van der Waals surface area contributed by atoms with Crippen LogP contribution in [0.3, 0.4) is 0 Å². The summed E-state index contributed by atoms with van der Waals surface area (Å²) in [7, 11) is -4.45. The summed E-state index contributed by atoms with van der Waals surface area (Å²) in [5.41, 5.74) is 1.74. The molecule has 0 atom stereocenters. The van der Waals surface area contributed by atoms with Gasteiger partial charge in [-0.1, -0.05) is 41.1 Å². The van der Waals surface area contributed by atoms with Crippen LogP contribution in [0.2, 0.25) is 5.02 Å². The van der Waals surface area contributed by atoms with E-state index in [9.17, 15) is 26.4 Å². The second-order valence-corrected chi connectivity index (χ2v) is 17.3. The van der Waals surface area contributed by atoms with Crippen molar-refractivity contribution in [2.24, 2.45) is 5.92 Å². The van der Waals surface area contributed by atoms with E-state index in [1.54, 1.807) is 43.9 Å². The highest BCUT2D eigenvalue weighted by Gasteiger charge is 2.31. The summed E-state index contributed by atoms with van der Waals surface area (Å²) in [6, 6.07) is 14.6. The first-order valence-electron chi connectivity index (χ1n) is 17.9. The molecule has 3 heterocycles. The van der Waals surface area contributed by atoms with Crippen LogP contribution in [0.5, 0.6) is 11.5 Å². The molecule has 57 heavy (non-hydrogen) atoms. The summed E-state index contributed by atoms with van der Waals surface area (Å²) >= 11 is 7.39. The van der Waals surface area contributed by atoms with Crippen LogP contribution in [-0.2, 0) is 27.5 Å². The van der Waals surface area contributed by atoms with Crippen LogP contribution in [0.4, 0.5) is 27.5 Å². The summed E-state index contributed by atoms with van der Waals surface area (Å²) < 4.78 is 96.5. The first-order valence-corrected chi connectivity index (χ1v) is 20.6. The normalized spacial score (nSPS) is 14.0. The third kappa shape index (κ3) is 11.0. The molecule has 0 aliphatic carbocycles. The number of amides is 1. The maximum absolute atomic E-state index is 15.5. The number of halogens is 5. The number of nitrogens with zero attached hydrogens (tertiary/aromatic N) is 4. The van der Waals surface area contributed by atoms with E-state index in [-0.39, 0.29) is 33.8 Å². The van der Waals surface area contributed by atoms with Gasteiger partial charge in [0.05, 0.1) is 22.8 Å². The van der Waals surface area contributed by atoms with Crippen molar-refractivity contribution in [2.45, 2.75) is 63.3 Å². The predicted octanol–water partition coefficient (Wildman–Crippen LogP) is 9.80. The number of nitrogens with one attached hydrogen (secondary N) is 2. The number of rotatable bonds is 12. The quantitative estimate of drug-likeness (QED) is 0.118. The summed E-state index contributed by atoms with van der Waals surface area (Å²) in [5, 5.41) is 10.2. The maximum atomic E-state index is 15.5. The third-order valence-corrected chi connectivity index (χ3v) is 11.4. The van der Waals surface area contributed by atoms with Crippen LogP contribution in [0, 0.1) is 11.7 Å². The largest absolute Gasteiger partial charge is 0.455 e. The number of alkyl halides is 3. The number of aromatic nitrogens is 3. The molecule has 1 aliphatic heterocycles. The Hall–Kier alpha value is -4.84. The highest BCUT2D eigenvalue weighted by Crippen LogP contribution is 2.41. The number of hydrogen-bond donors (Lipinski definition) is 2. The van der Waals surface area contributed by atoms with Crippen LogP contribution in [0.15, 0.2) is 83.3 Å². The van der Waals surface area contributed by atoms with E-state index in [0.29, 0.717) is 34.8 Å². The lowest BCUT2D eigenvalue weighted by molar-refractivity contribution is -0.137. The van der Waals surface area contributed by atoms with Crippen molar-refractivity contribution in [2.75, 3.05) is 24.4 Å². The number of pyridine rings is 1. The smallest absolute Gasteiger partial charge is 0.416 e. The fourth-order valence-corrected chi connectivity index (χ4v) is 8.24. The molecule has 0 bridgehead atoms. The van der Waals surface area contributed by atoms with Gasteiger partial charge in [-0.3, -0.25) is 9.71 Å². The van der Waals surface area contributed by atoms with Crippen molar-refractivity contribution in [3.63, 3.8) is 0 Å². The van der Waals surface area contributed by atoms with Gasteiger partial charge in [0.2, 0.25) is 5.13 Å². The summed E-state index contributed by atoms with van der Waals surface area (Å²) in [4.78, 5) is 18.8. The minimum atomic E-state index is -4.58. The Morgan fingerprint density at radius 1 is 1.00 bits per heavy atom. The molecule has 0 radical (unpaired) electrons. The molecule has 0 saturated carbocycles. The van der Waals surface area contributed by atoms with Crippen molar-refractivity contribution >= 4 is 44.2 Å². The highest BCUT2D eigenvalue weighted by molar-refractivity contribution is 7.93. The monoisotopic (exact) mass is 846 g/mol. The number of hydrogen-bond acceptors (Lipinski definition) is 10. The zero-order valence-electron chi connectivity index (χ0n) is 31.1. The van der Waals surface area contributed by atoms with Gasteiger partial charge in [-0.15, -0.1) is 10.2 Å². The van der Waals surface area contributed by atoms with Gasteiger partial charge in [0.25, 0.3) is 10.0 Å². The molecule has 6 rings (SSSR count). The van der Waals surface area contributed by atoms with Gasteiger partial charge in [0.1, 0.15) is 33.3 Å². The van der Waals surface area contributed by atoms with Crippen LogP contribution in [0.1, 0.15) is 51.3 Å². The van der Waals surface area contributed by atoms with Crippen molar-refractivity contribution in [1.29, 1.82) is 0 Å². The van der Waals surface area contributed by atoms with Crippen LogP contribution < -0.4 is 14.8 Å². The molecule has 11 nitrogen and oxygen atoms in total. The second kappa shape index (κ2) is 17.3. The molecule has 2 aromatic heterocycles. The van der Waals surface area contributed by atoms with E-state index in [1.807, 2.05) is 0 Å². The zero-order chi connectivity index (χ0) is 41.0. The van der Waals surface area contributed by atoms with Gasteiger partial charge in [-0.25, -0.2) is 17.6 Å². The van der Waals surface area contributed by atoms with Crippen molar-refractivity contribution in [3.05, 3.63) is 101 Å². The molecule has 0 unspecified atom stereocenters. The van der Waals surface area contributed by atoms with Crippen LogP contribution in [-0.4, -0.2) is 59.8 Å². The Bertz CT molecular complexity index is 2320. The fraction of sp³-hybridized carbons (Fsp3) is 0.333. The van der Waals surface area contributed by atoms with Crippen molar-refractivity contribution in [3.8, 4) is 33.8 Å². The van der Waals surface area contributed by atoms with Gasteiger partial charge in [0.15, 0.2) is 0 Å². The average Bonchev–Trinajstić information content (AvgIpc) is 3.66. The van der Waals surface area contributed by atoms with E-state index >= 15 is 4.39 Å². The average molecular weight is 847 g/mol. The molecule has 1 fully saturated rings. The van der Waals surface area contributed by atoms with E-state index < -0.39 is 44.2 Å². The number of anilines is 1.